The summed E-state index contributed by atoms with van der Waals surface area (Å²) in [6.45, 7) is 2.93. The molecule has 1 unspecified atom stereocenters. The Morgan fingerprint density at radius 3 is 2.87 bits per heavy atom. The van der Waals surface area contributed by atoms with E-state index in [0.29, 0.717) is 21.1 Å². The number of hydrogen-bond acceptors (Lipinski definition) is 3. The number of amidine groups is 1. The van der Waals surface area contributed by atoms with Crippen LogP contribution < -0.4 is 10.6 Å². The first kappa shape index (κ1) is 10.6. The zero-order valence-corrected chi connectivity index (χ0v) is 9.90. The molecule has 0 amide bonds. The van der Waals surface area contributed by atoms with Gasteiger partial charge in [0.25, 0.3) is 0 Å². The van der Waals surface area contributed by atoms with E-state index in [9.17, 15) is 0 Å². The maximum absolute atomic E-state index is 7.82. The molecule has 3 nitrogen and oxygen atoms in total. The zero-order chi connectivity index (χ0) is 11.0. The molecule has 0 spiro atoms. The molecule has 0 radical (unpaired) electrons. The van der Waals surface area contributed by atoms with Crippen LogP contribution in [0.1, 0.15) is 6.92 Å². The molecule has 0 aromatic heterocycles. The lowest BCUT2D eigenvalue weighted by Crippen LogP contribution is -2.24. The first-order valence-electron chi connectivity index (χ1n) is 4.65. The van der Waals surface area contributed by atoms with Crippen molar-refractivity contribution >= 4 is 39.9 Å². The minimum absolute atomic E-state index is 0.438. The Morgan fingerprint density at radius 1 is 1.60 bits per heavy atom. The average molecular weight is 242 g/mol. The van der Waals surface area contributed by atoms with Crippen molar-refractivity contribution in [1.29, 1.82) is 5.41 Å². The van der Waals surface area contributed by atoms with Crippen LogP contribution in [0.4, 0.5) is 11.4 Å². The number of nitrogens with one attached hydrogen (secondary N) is 1. The average Bonchev–Trinajstić information content (AvgIpc) is 2.45. The van der Waals surface area contributed by atoms with E-state index in [2.05, 4.69) is 6.92 Å². The molecule has 1 fully saturated rings. The standard InChI is InChI=1S/C10H12ClN3S/c1-6-5-14(10(13)15-6)9-3-2-7(11)4-8(9)12/h2-4,6,13H,5,12H2,1H3. The summed E-state index contributed by atoms with van der Waals surface area (Å²) in [5, 5.41) is 9.44. The number of halogens is 1. The summed E-state index contributed by atoms with van der Waals surface area (Å²) in [5.74, 6) is 0. The van der Waals surface area contributed by atoms with Crippen LogP contribution in [0.5, 0.6) is 0 Å². The Balaban J connectivity index is 2.34. The number of nitrogens with two attached hydrogens (primary N) is 1. The van der Waals surface area contributed by atoms with Gasteiger partial charge in [-0.05, 0) is 18.2 Å². The van der Waals surface area contributed by atoms with Gasteiger partial charge in [0.1, 0.15) is 0 Å². The van der Waals surface area contributed by atoms with Gasteiger partial charge < -0.3 is 10.6 Å². The molecule has 3 N–H and O–H groups in total. The molecular weight excluding hydrogens is 230 g/mol. The van der Waals surface area contributed by atoms with Crippen molar-refractivity contribution in [3.05, 3.63) is 23.2 Å². The largest absolute Gasteiger partial charge is 0.397 e. The Morgan fingerprint density at radius 2 is 2.33 bits per heavy atom. The third kappa shape index (κ3) is 2.06. The first-order chi connectivity index (χ1) is 7.08. The molecule has 1 aromatic carbocycles. The van der Waals surface area contributed by atoms with E-state index in [1.807, 2.05) is 11.0 Å². The highest BCUT2D eigenvalue weighted by Gasteiger charge is 2.26. The van der Waals surface area contributed by atoms with Crippen molar-refractivity contribution in [2.45, 2.75) is 12.2 Å². The third-order valence-corrected chi connectivity index (χ3v) is 3.51. The van der Waals surface area contributed by atoms with Gasteiger partial charge in [-0.2, -0.15) is 0 Å². The van der Waals surface area contributed by atoms with E-state index in [0.717, 1.165) is 12.2 Å². The topological polar surface area (TPSA) is 53.1 Å². The Bertz CT molecular complexity index is 408. The number of rotatable bonds is 1. The minimum Gasteiger partial charge on any atom is -0.397 e. The van der Waals surface area contributed by atoms with Gasteiger partial charge in [0.05, 0.1) is 11.4 Å². The van der Waals surface area contributed by atoms with Crippen LogP contribution in [0, 0.1) is 5.41 Å². The van der Waals surface area contributed by atoms with Gasteiger partial charge in [-0.15, -0.1) is 0 Å². The summed E-state index contributed by atoms with van der Waals surface area (Å²) >= 11 is 7.39. The van der Waals surface area contributed by atoms with E-state index < -0.39 is 0 Å². The molecule has 0 bridgehead atoms. The summed E-state index contributed by atoms with van der Waals surface area (Å²) in [7, 11) is 0. The molecule has 0 saturated carbocycles. The number of hydrogen-bond donors (Lipinski definition) is 2. The van der Waals surface area contributed by atoms with E-state index >= 15 is 0 Å². The Kier molecular flexibility index (Phi) is 2.80. The van der Waals surface area contributed by atoms with E-state index in [-0.39, 0.29) is 0 Å². The summed E-state index contributed by atoms with van der Waals surface area (Å²) in [6.07, 6.45) is 0. The van der Waals surface area contributed by atoms with Crippen LogP contribution >= 0.6 is 23.4 Å². The van der Waals surface area contributed by atoms with Crippen molar-refractivity contribution in [1.82, 2.24) is 0 Å². The molecule has 2 rings (SSSR count). The lowest BCUT2D eigenvalue weighted by molar-refractivity contribution is 0.951. The van der Waals surface area contributed by atoms with Crippen LogP contribution in [0.15, 0.2) is 18.2 Å². The van der Waals surface area contributed by atoms with Gasteiger partial charge in [0, 0.05) is 16.8 Å². The summed E-state index contributed by atoms with van der Waals surface area (Å²) < 4.78 is 0. The van der Waals surface area contributed by atoms with E-state index in [1.165, 1.54) is 0 Å². The molecule has 1 aromatic rings. The normalized spacial score (nSPS) is 21.1. The molecule has 1 aliphatic heterocycles. The fourth-order valence-electron chi connectivity index (χ4n) is 1.61. The number of thioether (sulfide) groups is 1. The predicted octanol–water partition coefficient (Wildman–Crippen LogP) is 2.80. The number of anilines is 2. The van der Waals surface area contributed by atoms with E-state index in [1.54, 1.807) is 23.9 Å². The van der Waals surface area contributed by atoms with Crippen LogP contribution in [-0.2, 0) is 0 Å². The monoisotopic (exact) mass is 241 g/mol. The van der Waals surface area contributed by atoms with Gasteiger partial charge in [0.15, 0.2) is 5.17 Å². The molecule has 0 aliphatic carbocycles. The molecular formula is C10H12ClN3S. The quantitative estimate of drug-likeness (QED) is 0.744. The Hall–Kier alpha value is -0.870. The summed E-state index contributed by atoms with van der Waals surface area (Å²) in [6, 6.07) is 5.39. The predicted molar refractivity (Wildman–Crippen MR) is 68.0 cm³/mol. The van der Waals surface area contributed by atoms with Gasteiger partial charge >= 0.3 is 0 Å². The number of nitrogens with zero attached hydrogens (tertiary/aromatic N) is 1. The van der Waals surface area contributed by atoms with Crippen molar-refractivity contribution in [3.63, 3.8) is 0 Å². The van der Waals surface area contributed by atoms with Gasteiger partial charge in [-0.25, -0.2) is 0 Å². The maximum Gasteiger partial charge on any atom is 0.161 e. The van der Waals surface area contributed by atoms with Crippen molar-refractivity contribution in [2.24, 2.45) is 0 Å². The number of benzene rings is 1. The molecule has 5 heteroatoms. The first-order valence-corrected chi connectivity index (χ1v) is 5.91. The fourth-order valence-corrected chi connectivity index (χ4v) is 2.70. The van der Waals surface area contributed by atoms with Crippen LogP contribution in [-0.4, -0.2) is 17.0 Å². The second kappa shape index (κ2) is 3.94. The van der Waals surface area contributed by atoms with Gasteiger partial charge in [-0.1, -0.05) is 30.3 Å². The van der Waals surface area contributed by atoms with Crippen LogP contribution in [0.2, 0.25) is 5.02 Å². The lowest BCUT2D eigenvalue weighted by Gasteiger charge is -2.19. The summed E-state index contributed by atoms with van der Waals surface area (Å²) in [5.41, 5.74) is 7.38. The van der Waals surface area contributed by atoms with Crippen LogP contribution in [0.25, 0.3) is 0 Å². The second-order valence-electron chi connectivity index (χ2n) is 3.55. The molecule has 80 valence electrons. The highest BCUT2D eigenvalue weighted by molar-refractivity contribution is 8.15. The molecule has 15 heavy (non-hydrogen) atoms. The number of nitrogen functional groups attached to an aromatic ring is 1. The highest BCUT2D eigenvalue weighted by Crippen LogP contribution is 2.34. The SMILES string of the molecule is CC1CN(c2ccc(Cl)cc2N)C(=N)S1. The molecule has 1 aliphatic rings. The fraction of sp³-hybridized carbons (Fsp3) is 0.300. The van der Waals surface area contributed by atoms with Crippen molar-refractivity contribution in [3.8, 4) is 0 Å². The second-order valence-corrected chi connectivity index (χ2v) is 5.41. The van der Waals surface area contributed by atoms with Crippen molar-refractivity contribution < 1.29 is 0 Å². The smallest absolute Gasteiger partial charge is 0.161 e. The molecule has 1 heterocycles. The Labute approximate surface area is 98.1 Å². The lowest BCUT2D eigenvalue weighted by atomic mass is 10.2. The maximum atomic E-state index is 7.82. The summed E-state index contributed by atoms with van der Waals surface area (Å²) in [4.78, 5) is 1.92. The van der Waals surface area contributed by atoms with Crippen LogP contribution in [0.3, 0.4) is 0 Å². The van der Waals surface area contributed by atoms with E-state index in [4.69, 9.17) is 22.7 Å². The third-order valence-electron chi connectivity index (χ3n) is 2.28. The van der Waals surface area contributed by atoms with Gasteiger partial charge in [0.2, 0.25) is 0 Å². The molecule has 1 saturated heterocycles. The van der Waals surface area contributed by atoms with Gasteiger partial charge in [-0.3, -0.25) is 5.41 Å². The molecule has 1 atom stereocenters. The minimum atomic E-state index is 0.438. The zero-order valence-electron chi connectivity index (χ0n) is 8.33. The van der Waals surface area contributed by atoms with Crippen molar-refractivity contribution in [2.75, 3.05) is 17.2 Å². The highest BCUT2D eigenvalue weighted by atomic mass is 35.5.